The first-order chi connectivity index (χ1) is 13.6. The van der Waals surface area contributed by atoms with Gasteiger partial charge in [-0.2, -0.15) is 0 Å². The van der Waals surface area contributed by atoms with Crippen LogP contribution in [-0.2, 0) is 12.0 Å². The van der Waals surface area contributed by atoms with Crippen LogP contribution >= 0.6 is 0 Å². The van der Waals surface area contributed by atoms with Gasteiger partial charge in [-0.25, -0.2) is 0 Å². The van der Waals surface area contributed by atoms with Gasteiger partial charge in [0.2, 0.25) is 0 Å². The van der Waals surface area contributed by atoms with Gasteiger partial charge >= 0.3 is 0 Å². The van der Waals surface area contributed by atoms with Gasteiger partial charge in [-0.15, -0.1) is 0 Å². The highest BCUT2D eigenvalue weighted by Crippen LogP contribution is 2.48. The zero-order valence-corrected chi connectivity index (χ0v) is 15.9. The van der Waals surface area contributed by atoms with Crippen molar-refractivity contribution in [1.82, 2.24) is 10.3 Å². The molecule has 1 heterocycles. The van der Waals surface area contributed by atoms with E-state index in [9.17, 15) is 4.79 Å². The molecule has 0 spiro atoms. The number of para-hydroxylation sites is 1. The van der Waals surface area contributed by atoms with Crippen molar-refractivity contribution in [3.63, 3.8) is 0 Å². The second kappa shape index (κ2) is 6.45. The van der Waals surface area contributed by atoms with Gasteiger partial charge in [0.15, 0.2) is 0 Å². The highest BCUT2D eigenvalue weighted by molar-refractivity contribution is 5.99. The van der Waals surface area contributed by atoms with E-state index >= 15 is 0 Å². The quantitative estimate of drug-likeness (QED) is 0.528. The van der Waals surface area contributed by atoms with Gasteiger partial charge in [-0.1, -0.05) is 49.4 Å². The molecular weight excluding hydrogens is 344 g/mol. The minimum atomic E-state index is -0.0546. The van der Waals surface area contributed by atoms with Crippen LogP contribution < -0.4 is 5.32 Å². The normalized spacial score (nSPS) is 14.9. The molecule has 1 saturated carbocycles. The third kappa shape index (κ3) is 3.03. The first kappa shape index (κ1) is 16.9. The van der Waals surface area contributed by atoms with Crippen molar-refractivity contribution in [3.05, 3.63) is 89.6 Å². The lowest BCUT2D eigenvalue weighted by molar-refractivity contribution is 0.0951. The minimum absolute atomic E-state index is 0.0546. The van der Waals surface area contributed by atoms with E-state index in [1.54, 1.807) is 6.20 Å². The van der Waals surface area contributed by atoms with Crippen LogP contribution in [0.2, 0.25) is 0 Å². The predicted octanol–water partition coefficient (Wildman–Crippen LogP) is 5.37. The molecule has 4 aromatic rings. The van der Waals surface area contributed by atoms with Crippen LogP contribution in [-0.4, -0.2) is 10.9 Å². The molecule has 1 amide bonds. The fraction of sp³-hybridized carbons (Fsp3) is 0.200. The standard InChI is InChI=1S/C25H22N2O/c1-25(11-12-25)21-9-8-17-14-19(7-6-18(17)15-21)24(28)27-16-20-10-13-26-23-5-3-2-4-22(20)23/h2-10,13-15H,11-12,16H2,1H3,(H,27,28). The average Bonchev–Trinajstić information content (AvgIpc) is 3.49. The molecule has 3 heteroatoms. The number of nitrogens with zero attached hydrogens (tertiary/aromatic N) is 1. The molecule has 28 heavy (non-hydrogen) atoms. The Morgan fingerprint density at radius 2 is 1.79 bits per heavy atom. The fourth-order valence-electron chi connectivity index (χ4n) is 3.83. The second-order valence-electron chi connectivity index (χ2n) is 8.01. The van der Waals surface area contributed by atoms with Crippen LogP contribution in [0.1, 0.15) is 41.3 Å². The van der Waals surface area contributed by atoms with Crippen molar-refractivity contribution in [1.29, 1.82) is 0 Å². The van der Waals surface area contributed by atoms with Crippen LogP contribution in [0.5, 0.6) is 0 Å². The first-order valence-electron chi connectivity index (χ1n) is 9.78. The zero-order chi connectivity index (χ0) is 19.1. The molecule has 0 saturated heterocycles. The van der Waals surface area contributed by atoms with E-state index in [-0.39, 0.29) is 5.91 Å². The van der Waals surface area contributed by atoms with Crippen LogP contribution in [0.3, 0.4) is 0 Å². The Hall–Kier alpha value is -3.20. The summed E-state index contributed by atoms with van der Waals surface area (Å²) in [6.07, 6.45) is 4.32. The van der Waals surface area contributed by atoms with E-state index in [2.05, 4.69) is 41.5 Å². The molecular formula is C25H22N2O. The third-order valence-corrected chi connectivity index (χ3v) is 5.98. The van der Waals surface area contributed by atoms with Gasteiger partial charge in [-0.3, -0.25) is 9.78 Å². The second-order valence-corrected chi connectivity index (χ2v) is 8.01. The summed E-state index contributed by atoms with van der Waals surface area (Å²) in [5.74, 6) is -0.0546. The average molecular weight is 366 g/mol. The van der Waals surface area contributed by atoms with Gasteiger partial charge in [0.1, 0.15) is 0 Å². The number of amides is 1. The van der Waals surface area contributed by atoms with E-state index in [0.717, 1.165) is 21.9 Å². The molecule has 0 atom stereocenters. The molecule has 1 aromatic heterocycles. The summed E-state index contributed by atoms with van der Waals surface area (Å²) in [4.78, 5) is 17.1. The first-order valence-corrected chi connectivity index (χ1v) is 9.78. The molecule has 138 valence electrons. The lowest BCUT2D eigenvalue weighted by atomic mass is 9.95. The lowest BCUT2D eigenvalue weighted by Crippen LogP contribution is -2.22. The number of hydrogen-bond donors (Lipinski definition) is 1. The molecule has 0 aliphatic heterocycles. The van der Waals surface area contributed by atoms with Crippen molar-refractivity contribution in [2.45, 2.75) is 31.7 Å². The Kier molecular flexibility index (Phi) is 3.90. The number of hydrogen-bond acceptors (Lipinski definition) is 2. The smallest absolute Gasteiger partial charge is 0.251 e. The number of nitrogens with one attached hydrogen (secondary N) is 1. The van der Waals surface area contributed by atoms with Crippen molar-refractivity contribution >= 4 is 27.6 Å². The lowest BCUT2D eigenvalue weighted by Gasteiger charge is -2.11. The number of fused-ring (bicyclic) bond motifs is 2. The van der Waals surface area contributed by atoms with Crippen molar-refractivity contribution in [2.24, 2.45) is 0 Å². The van der Waals surface area contributed by atoms with Crippen molar-refractivity contribution in [3.8, 4) is 0 Å². The summed E-state index contributed by atoms with van der Waals surface area (Å²) in [6.45, 7) is 2.80. The summed E-state index contributed by atoms with van der Waals surface area (Å²) >= 11 is 0. The maximum absolute atomic E-state index is 12.7. The number of rotatable bonds is 4. The zero-order valence-electron chi connectivity index (χ0n) is 15.9. The molecule has 0 bridgehead atoms. The van der Waals surface area contributed by atoms with E-state index in [1.807, 2.05) is 42.5 Å². The van der Waals surface area contributed by atoms with E-state index in [0.29, 0.717) is 17.5 Å². The summed E-state index contributed by atoms with van der Waals surface area (Å²) < 4.78 is 0. The van der Waals surface area contributed by atoms with Gasteiger partial charge < -0.3 is 5.32 Å². The molecule has 1 fully saturated rings. The maximum atomic E-state index is 12.7. The summed E-state index contributed by atoms with van der Waals surface area (Å²) in [5.41, 5.74) is 4.47. The fourth-order valence-corrected chi connectivity index (χ4v) is 3.83. The number of pyridine rings is 1. The Balaban J connectivity index is 1.36. The summed E-state index contributed by atoms with van der Waals surface area (Å²) in [7, 11) is 0. The molecule has 1 aliphatic rings. The maximum Gasteiger partial charge on any atom is 0.251 e. The number of carbonyl (C=O) groups is 1. The molecule has 0 radical (unpaired) electrons. The van der Waals surface area contributed by atoms with Gasteiger partial charge in [0, 0.05) is 23.7 Å². The molecule has 3 nitrogen and oxygen atoms in total. The summed E-state index contributed by atoms with van der Waals surface area (Å²) in [5, 5.41) is 6.43. The van der Waals surface area contributed by atoms with Crippen molar-refractivity contribution in [2.75, 3.05) is 0 Å². The Morgan fingerprint density at radius 3 is 2.64 bits per heavy atom. The van der Waals surface area contributed by atoms with Gasteiger partial charge in [0.05, 0.1) is 5.52 Å². The van der Waals surface area contributed by atoms with E-state index in [1.165, 1.54) is 23.8 Å². The number of carbonyl (C=O) groups excluding carboxylic acids is 1. The van der Waals surface area contributed by atoms with E-state index < -0.39 is 0 Å². The van der Waals surface area contributed by atoms with Crippen LogP contribution in [0.25, 0.3) is 21.7 Å². The monoisotopic (exact) mass is 366 g/mol. The summed E-state index contributed by atoms with van der Waals surface area (Å²) in [6, 6.07) is 22.5. The predicted molar refractivity (Wildman–Crippen MR) is 113 cm³/mol. The highest BCUT2D eigenvalue weighted by Gasteiger charge is 2.38. The number of aromatic nitrogens is 1. The molecule has 0 unspecified atom stereocenters. The number of benzene rings is 3. The largest absolute Gasteiger partial charge is 0.348 e. The Morgan fingerprint density at radius 1 is 1.00 bits per heavy atom. The van der Waals surface area contributed by atoms with Crippen molar-refractivity contribution < 1.29 is 4.79 Å². The van der Waals surface area contributed by atoms with E-state index in [4.69, 9.17) is 0 Å². The van der Waals surface area contributed by atoms with Crippen LogP contribution in [0.4, 0.5) is 0 Å². The third-order valence-electron chi connectivity index (χ3n) is 5.98. The SMILES string of the molecule is CC1(c2ccc3cc(C(=O)NCc4ccnc5ccccc45)ccc3c2)CC1. The molecule has 1 aliphatic carbocycles. The topological polar surface area (TPSA) is 42.0 Å². The highest BCUT2D eigenvalue weighted by atomic mass is 16.1. The van der Waals surface area contributed by atoms with Crippen LogP contribution in [0.15, 0.2) is 72.9 Å². The molecule has 1 N–H and O–H groups in total. The molecule has 3 aromatic carbocycles. The van der Waals surface area contributed by atoms with Gasteiger partial charge in [-0.05, 0) is 64.4 Å². The van der Waals surface area contributed by atoms with Gasteiger partial charge in [0.25, 0.3) is 5.91 Å². The Labute approximate surface area is 164 Å². The Bertz CT molecular complexity index is 1200. The minimum Gasteiger partial charge on any atom is -0.348 e. The molecule has 5 rings (SSSR count). The van der Waals surface area contributed by atoms with Crippen LogP contribution in [0, 0.1) is 0 Å².